The molecule has 0 fully saturated rings. The highest BCUT2D eigenvalue weighted by Crippen LogP contribution is 2.25. The van der Waals surface area contributed by atoms with Gasteiger partial charge in [-0.2, -0.15) is 0 Å². The van der Waals surface area contributed by atoms with Crippen molar-refractivity contribution in [1.82, 2.24) is 9.97 Å². The number of amides is 1. The van der Waals surface area contributed by atoms with E-state index in [0.717, 1.165) is 0 Å². The lowest BCUT2D eigenvalue weighted by atomic mass is 10.2. The Morgan fingerprint density at radius 1 is 1.30 bits per heavy atom. The Bertz CT molecular complexity index is 612. The number of carbonyl (C=O) groups excluding carboxylic acids is 1. The molecule has 0 aliphatic rings. The first kappa shape index (κ1) is 14.0. The Balaban J connectivity index is 2.22. The fourth-order valence-corrected chi connectivity index (χ4v) is 1.73. The summed E-state index contributed by atoms with van der Waals surface area (Å²) in [6.45, 7) is 5.65. The molecule has 0 atom stereocenters. The van der Waals surface area contributed by atoms with Crippen molar-refractivity contribution in [3.05, 3.63) is 48.0 Å². The van der Waals surface area contributed by atoms with Gasteiger partial charge >= 0.3 is 0 Å². The Hall–Kier alpha value is -2.43. The van der Waals surface area contributed by atoms with E-state index in [1.165, 1.54) is 12.5 Å². The van der Waals surface area contributed by atoms with Crippen LogP contribution in [0, 0.1) is 6.92 Å². The lowest BCUT2D eigenvalue weighted by Crippen LogP contribution is -2.16. The Morgan fingerprint density at radius 3 is 2.75 bits per heavy atom. The van der Waals surface area contributed by atoms with Gasteiger partial charge in [0.1, 0.15) is 12.1 Å². The van der Waals surface area contributed by atoms with Gasteiger partial charge in [0, 0.05) is 6.20 Å². The van der Waals surface area contributed by atoms with Crippen LogP contribution in [-0.4, -0.2) is 22.0 Å². The van der Waals surface area contributed by atoms with Gasteiger partial charge in [0.05, 0.1) is 23.0 Å². The van der Waals surface area contributed by atoms with Crippen molar-refractivity contribution in [3.8, 4) is 5.75 Å². The molecule has 0 unspecified atom stereocenters. The van der Waals surface area contributed by atoms with Crippen molar-refractivity contribution < 1.29 is 9.53 Å². The lowest BCUT2D eigenvalue weighted by molar-refractivity contribution is 0.102. The highest BCUT2D eigenvalue weighted by molar-refractivity contribution is 6.05. The number of rotatable bonds is 4. The van der Waals surface area contributed by atoms with Gasteiger partial charge in [0.25, 0.3) is 5.91 Å². The number of aryl methyl sites for hydroxylation is 1. The minimum Gasteiger partial charge on any atom is -0.489 e. The minimum absolute atomic E-state index is 0.0369. The largest absolute Gasteiger partial charge is 0.489 e. The summed E-state index contributed by atoms with van der Waals surface area (Å²) in [4.78, 5) is 20.1. The molecule has 5 nitrogen and oxygen atoms in total. The zero-order chi connectivity index (χ0) is 14.5. The maximum atomic E-state index is 12.2. The number of aromatic nitrogens is 2. The molecule has 0 saturated heterocycles. The third-order valence-corrected chi connectivity index (χ3v) is 2.65. The van der Waals surface area contributed by atoms with Crippen molar-refractivity contribution in [1.29, 1.82) is 0 Å². The lowest BCUT2D eigenvalue weighted by Gasteiger charge is -2.15. The van der Waals surface area contributed by atoms with Crippen LogP contribution in [0.25, 0.3) is 0 Å². The number of hydrogen-bond acceptors (Lipinski definition) is 4. The van der Waals surface area contributed by atoms with Gasteiger partial charge in [-0.25, -0.2) is 9.97 Å². The second-order valence-electron chi connectivity index (χ2n) is 4.64. The molecule has 2 rings (SSSR count). The third kappa shape index (κ3) is 3.32. The zero-order valence-electron chi connectivity index (χ0n) is 11.8. The van der Waals surface area contributed by atoms with E-state index in [4.69, 9.17) is 4.74 Å². The van der Waals surface area contributed by atoms with E-state index in [2.05, 4.69) is 15.3 Å². The number of ether oxygens (including phenoxy) is 1. The van der Waals surface area contributed by atoms with Crippen LogP contribution in [0.4, 0.5) is 5.69 Å². The molecule has 1 N–H and O–H groups in total. The molecule has 1 aromatic heterocycles. The van der Waals surface area contributed by atoms with Crippen LogP contribution in [-0.2, 0) is 0 Å². The van der Waals surface area contributed by atoms with Gasteiger partial charge in [-0.05, 0) is 32.9 Å². The fraction of sp³-hybridized carbons (Fsp3) is 0.267. The number of benzene rings is 1. The van der Waals surface area contributed by atoms with Crippen molar-refractivity contribution in [3.63, 3.8) is 0 Å². The van der Waals surface area contributed by atoms with Crippen LogP contribution in [0.1, 0.15) is 29.9 Å². The third-order valence-electron chi connectivity index (χ3n) is 2.65. The summed E-state index contributed by atoms with van der Waals surface area (Å²) in [5, 5.41) is 2.83. The molecule has 0 radical (unpaired) electrons. The molecule has 1 amide bonds. The SMILES string of the molecule is Cc1ncncc1C(=O)Nc1ccccc1OC(C)C. The molecule has 0 spiro atoms. The second kappa shape index (κ2) is 6.14. The minimum atomic E-state index is -0.247. The number of para-hydroxylation sites is 2. The Morgan fingerprint density at radius 2 is 2.05 bits per heavy atom. The zero-order valence-corrected chi connectivity index (χ0v) is 11.8. The quantitative estimate of drug-likeness (QED) is 0.928. The van der Waals surface area contributed by atoms with Crippen LogP contribution in [0.3, 0.4) is 0 Å². The first-order chi connectivity index (χ1) is 9.58. The van der Waals surface area contributed by atoms with Crippen molar-refractivity contribution >= 4 is 11.6 Å². The summed E-state index contributed by atoms with van der Waals surface area (Å²) >= 11 is 0. The summed E-state index contributed by atoms with van der Waals surface area (Å²) in [6, 6.07) is 7.33. The maximum Gasteiger partial charge on any atom is 0.259 e. The van der Waals surface area contributed by atoms with E-state index in [0.29, 0.717) is 22.7 Å². The van der Waals surface area contributed by atoms with E-state index in [-0.39, 0.29) is 12.0 Å². The highest BCUT2D eigenvalue weighted by atomic mass is 16.5. The summed E-state index contributed by atoms with van der Waals surface area (Å²) in [7, 11) is 0. The fourth-order valence-electron chi connectivity index (χ4n) is 1.73. The number of hydrogen-bond donors (Lipinski definition) is 1. The molecule has 0 aliphatic carbocycles. The summed E-state index contributed by atoms with van der Waals surface area (Å²) in [5.41, 5.74) is 1.72. The van der Waals surface area contributed by atoms with Gasteiger partial charge in [-0.1, -0.05) is 12.1 Å². The smallest absolute Gasteiger partial charge is 0.259 e. The number of anilines is 1. The van der Waals surface area contributed by atoms with Gasteiger partial charge in [0.15, 0.2) is 0 Å². The standard InChI is InChI=1S/C15H17N3O2/c1-10(2)20-14-7-5-4-6-13(14)18-15(19)12-8-16-9-17-11(12)3/h4-10H,1-3H3,(H,18,19). The van der Waals surface area contributed by atoms with Crippen LogP contribution in [0.2, 0.25) is 0 Å². The van der Waals surface area contributed by atoms with Crippen LogP contribution in [0.15, 0.2) is 36.8 Å². The monoisotopic (exact) mass is 271 g/mol. The van der Waals surface area contributed by atoms with E-state index in [9.17, 15) is 4.79 Å². The predicted octanol–water partition coefficient (Wildman–Crippen LogP) is 2.82. The first-order valence-electron chi connectivity index (χ1n) is 6.41. The topological polar surface area (TPSA) is 64.1 Å². The summed E-state index contributed by atoms with van der Waals surface area (Å²) in [5.74, 6) is 0.397. The molecule has 104 valence electrons. The molecule has 20 heavy (non-hydrogen) atoms. The second-order valence-corrected chi connectivity index (χ2v) is 4.64. The van der Waals surface area contributed by atoms with Crippen molar-refractivity contribution in [2.75, 3.05) is 5.32 Å². The van der Waals surface area contributed by atoms with Gasteiger partial charge in [0.2, 0.25) is 0 Å². The van der Waals surface area contributed by atoms with E-state index in [1.54, 1.807) is 13.0 Å². The molecule has 0 aliphatic heterocycles. The van der Waals surface area contributed by atoms with Gasteiger partial charge in [-0.15, -0.1) is 0 Å². The van der Waals surface area contributed by atoms with Crippen LogP contribution >= 0.6 is 0 Å². The molecule has 5 heteroatoms. The summed E-state index contributed by atoms with van der Waals surface area (Å²) in [6.07, 6.45) is 2.96. The van der Waals surface area contributed by atoms with E-state index >= 15 is 0 Å². The van der Waals surface area contributed by atoms with Crippen molar-refractivity contribution in [2.45, 2.75) is 26.9 Å². The van der Waals surface area contributed by atoms with Crippen LogP contribution < -0.4 is 10.1 Å². The average Bonchev–Trinajstić information content (AvgIpc) is 2.41. The normalized spacial score (nSPS) is 10.4. The van der Waals surface area contributed by atoms with Gasteiger partial charge < -0.3 is 10.1 Å². The van der Waals surface area contributed by atoms with Crippen LogP contribution in [0.5, 0.6) is 5.75 Å². The van der Waals surface area contributed by atoms with E-state index < -0.39 is 0 Å². The molecule has 0 bridgehead atoms. The molecular formula is C15H17N3O2. The molecule has 0 saturated carbocycles. The predicted molar refractivity (Wildman–Crippen MR) is 76.9 cm³/mol. The molecule has 1 heterocycles. The highest BCUT2D eigenvalue weighted by Gasteiger charge is 2.13. The Labute approximate surface area is 118 Å². The molecule has 1 aromatic carbocycles. The average molecular weight is 271 g/mol. The summed E-state index contributed by atoms with van der Waals surface area (Å²) < 4.78 is 5.67. The molecule has 2 aromatic rings. The first-order valence-corrected chi connectivity index (χ1v) is 6.41. The van der Waals surface area contributed by atoms with E-state index in [1.807, 2.05) is 32.0 Å². The molecular weight excluding hydrogens is 254 g/mol. The number of carbonyl (C=O) groups is 1. The number of nitrogens with one attached hydrogen (secondary N) is 1. The van der Waals surface area contributed by atoms with Crippen molar-refractivity contribution in [2.24, 2.45) is 0 Å². The maximum absolute atomic E-state index is 12.2. The Kier molecular flexibility index (Phi) is 4.30. The van der Waals surface area contributed by atoms with Gasteiger partial charge in [-0.3, -0.25) is 4.79 Å². The number of nitrogens with zero attached hydrogens (tertiary/aromatic N) is 2.